The third kappa shape index (κ3) is 2.49. The Hall–Kier alpha value is -0.980. The molecule has 0 bridgehead atoms. The minimum absolute atomic E-state index is 0.314. The van der Waals surface area contributed by atoms with Gasteiger partial charge in [-0.25, -0.2) is 4.39 Å². The summed E-state index contributed by atoms with van der Waals surface area (Å²) in [4.78, 5) is 3.12. The van der Waals surface area contributed by atoms with Gasteiger partial charge in [0.25, 0.3) is 0 Å². The molecule has 0 aliphatic heterocycles. The van der Waals surface area contributed by atoms with Gasteiger partial charge in [0.2, 0.25) is 0 Å². The minimum atomic E-state index is -0.314. The summed E-state index contributed by atoms with van der Waals surface area (Å²) >= 11 is 12.2. The highest BCUT2D eigenvalue weighted by molar-refractivity contribution is 9.10. The van der Waals surface area contributed by atoms with E-state index in [4.69, 9.17) is 12.2 Å². The van der Waals surface area contributed by atoms with E-state index in [1.807, 2.05) is 24.5 Å². The average Bonchev–Trinajstić information content (AvgIpc) is 2.66. The maximum atomic E-state index is 13.9. The maximum Gasteiger partial charge on any atom is 0.182 e. The van der Waals surface area contributed by atoms with Crippen LogP contribution in [-0.2, 0) is 0 Å². The van der Waals surface area contributed by atoms with Crippen molar-refractivity contribution >= 4 is 55.1 Å². The highest BCUT2D eigenvalue weighted by Gasteiger charge is 2.14. The van der Waals surface area contributed by atoms with Gasteiger partial charge in [0.1, 0.15) is 5.82 Å². The number of hydrogen-bond donors (Lipinski definition) is 1. The molecular weight excluding hydrogens is 419 g/mol. The number of rotatable bonds is 1. The number of aryl methyl sites for hydroxylation is 2. The summed E-state index contributed by atoms with van der Waals surface area (Å²) < 4.78 is 17.6. The normalized spacial score (nSPS) is 11.3. The van der Waals surface area contributed by atoms with Crippen molar-refractivity contribution < 1.29 is 4.39 Å². The molecule has 108 valence electrons. The number of fused-ring (bicyclic) bond motifs is 1. The lowest BCUT2D eigenvalue weighted by Crippen LogP contribution is -1.99. The van der Waals surface area contributed by atoms with E-state index in [-0.39, 0.29) is 5.82 Å². The zero-order chi connectivity index (χ0) is 15.3. The zero-order valence-corrected chi connectivity index (χ0v) is 15.3. The van der Waals surface area contributed by atoms with Gasteiger partial charge in [-0.2, -0.15) is 0 Å². The summed E-state index contributed by atoms with van der Waals surface area (Å²) in [6.07, 6.45) is 0. The molecule has 0 aliphatic rings. The lowest BCUT2D eigenvalue weighted by atomic mass is 10.1. The average molecular weight is 430 g/mol. The molecule has 0 radical (unpaired) electrons. The van der Waals surface area contributed by atoms with Crippen LogP contribution >= 0.6 is 44.1 Å². The van der Waals surface area contributed by atoms with E-state index in [1.165, 1.54) is 6.07 Å². The second kappa shape index (κ2) is 5.34. The summed E-state index contributed by atoms with van der Waals surface area (Å²) in [5.74, 6) is -0.314. The third-order valence-corrected chi connectivity index (χ3v) is 4.84. The predicted octanol–water partition coefficient (Wildman–Crippen LogP) is 5.97. The molecule has 21 heavy (non-hydrogen) atoms. The lowest BCUT2D eigenvalue weighted by molar-refractivity contribution is 0.622. The maximum absolute atomic E-state index is 13.9. The molecule has 0 saturated carbocycles. The smallest absolute Gasteiger partial charge is 0.182 e. The molecule has 1 heterocycles. The van der Waals surface area contributed by atoms with Crippen LogP contribution in [0.25, 0.3) is 16.7 Å². The van der Waals surface area contributed by atoms with Gasteiger partial charge >= 0.3 is 0 Å². The van der Waals surface area contributed by atoms with Crippen LogP contribution in [0.5, 0.6) is 0 Å². The van der Waals surface area contributed by atoms with Crippen molar-refractivity contribution in [1.82, 2.24) is 9.55 Å². The van der Waals surface area contributed by atoms with Crippen LogP contribution in [0.4, 0.5) is 4.39 Å². The molecule has 1 aromatic heterocycles. The van der Waals surface area contributed by atoms with Crippen molar-refractivity contribution in [2.45, 2.75) is 13.8 Å². The van der Waals surface area contributed by atoms with Gasteiger partial charge in [-0.1, -0.05) is 6.07 Å². The molecule has 0 atom stereocenters. The summed E-state index contributed by atoms with van der Waals surface area (Å²) in [5, 5.41) is 0. The lowest BCUT2D eigenvalue weighted by Gasteiger charge is -2.12. The van der Waals surface area contributed by atoms with Crippen LogP contribution in [0.1, 0.15) is 11.1 Å². The van der Waals surface area contributed by atoms with E-state index >= 15 is 0 Å². The number of nitrogens with one attached hydrogen (secondary N) is 1. The van der Waals surface area contributed by atoms with E-state index < -0.39 is 0 Å². The number of halogens is 3. The van der Waals surface area contributed by atoms with Gasteiger partial charge in [-0.3, -0.25) is 4.57 Å². The number of hydrogen-bond acceptors (Lipinski definition) is 1. The van der Waals surface area contributed by atoms with Gasteiger partial charge in [-0.05, 0) is 81.2 Å². The Morgan fingerprint density at radius 3 is 2.48 bits per heavy atom. The fraction of sp³-hybridized carbons (Fsp3) is 0.133. The highest BCUT2D eigenvalue weighted by atomic mass is 79.9. The molecule has 0 spiro atoms. The largest absolute Gasteiger partial charge is 0.330 e. The Balaban J connectivity index is 2.44. The molecule has 3 aromatic rings. The Bertz CT molecular complexity index is 904. The van der Waals surface area contributed by atoms with Crippen molar-refractivity contribution in [2.24, 2.45) is 0 Å². The van der Waals surface area contributed by atoms with Gasteiger partial charge < -0.3 is 4.98 Å². The molecule has 2 aromatic carbocycles. The van der Waals surface area contributed by atoms with E-state index in [2.05, 4.69) is 42.9 Å². The van der Waals surface area contributed by atoms with E-state index in [1.54, 1.807) is 6.07 Å². The first kappa shape index (κ1) is 14.9. The van der Waals surface area contributed by atoms with Crippen molar-refractivity contribution in [3.8, 4) is 5.69 Å². The number of benzene rings is 2. The fourth-order valence-corrected chi connectivity index (χ4v) is 4.01. The minimum Gasteiger partial charge on any atom is -0.330 e. The van der Waals surface area contributed by atoms with Crippen LogP contribution < -0.4 is 0 Å². The van der Waals surface area contributed by atoms with Crippen molar-refractivity contribution in [3.05, 3.63) is 54.9 Å². The van der Waals surface area contributed by atoms with Crippen LogP contribution in [0.2, 0.25) is 0 Å². The predicted molar refractivity (Wildman–Crippen MR) is 93.3 cm³/mol. The Kier molecular flexibility index (Phi) is 3.80. The van der Waals surface area contributed by atoms with Crippen LogP contribution in [0, 0.1) is 24.4 Å². The number of imidazole rings is 1. The highest BCUT2D eigenvalue weighted by Crippen LogP contribution is 2.31. The number of H-pyrrole nitrogens is 1. The van der Waals surface area contributed by atoms with E-state index in [0.29, 0.717) is 14.8 Å². The van der Waals surface area contributed by atoms with Crippen LogP contribution in [0.15, 0.2) is 33.2 Å². The molecule has 2 nitrogen and oxygen atoms in total. The first-order valence-corrected chi connectivity index (χ1v) is 8.25. The van der Waals surface area contributed by atoms with Gasteiger partial charge in [-0.15, -0.1) is 0 Å². The number of nitrogens with zero attached hydrogens (tertiary/aromatic N) is 1. The first-order chi connectivity index (χ1) is 9.88. The fourth-order valence-electron chi connectivity index (χ4n) is 2.52. The van der Waals surface area contributed by atoms with Crippen molar-refractivity contribution in [3.63, 3.8) is 0 Å². The second-order valence-electron chi connectivity index (χ2n) is 4.96. The number of aromatic nitrogens is 2. The van der Waals surface area contributed by atoms with Crippen molar-refractivity contribution in [1.29, 1.82) is 0 Å². The SMILES string of the molecule is Cc1cc(C)c(-n2c(=S)[nH]c3cc(Br)c(F)cc32)c(Br)c1. The van der Waals surface area contributed by atoms with Gasteiger partial charge in [0, 0.05) is 10.5 Å². The standard InChI is InChI=1S/C15H11Br2FN2S/c1-7-3-8(2)14(10(17)4-7)20-13-6-11(18)9(16)5-12(13)19-15(20)21/h3-6H,1-2H3,(H,19,21). The molecule has 0 amide bonds. The molecule has 0 fully saturated rings. The van der Waals surface area contributed by atoms with Crippen LogP contribution in [0.3, 0.4) is 0 Å². The summed E-state index contributed by atoms with van der Waals surface area (Å²) in [6, 6.07) is 7.29. The molecule has 0 aliphatic carbocycles. The zero-order valence-electron chi connectivity index (χ0n) is 11.3. The third-order valence-electron chi connectivity index (χ3n) is 3.35. The molecule has 0 unspecified atom stereocenters. The summed E-state index contributed by atoms with van der Waals surface area (Å²) in [5.41, 5.74) is 4.66. The van der Waals surface area contributed by atoms with Gasteiger partial charge in [0.05, 0.1) is 21.2 Å². The van der Waals surface area contributed by atoms with Crippen LogP contribution in [-0.4, -0.2) is 9.55 Å². The van der Waals surface area contributed by atoms with Gasteiger partial charge in [0.15, 0.2) is 4.77 Å². The number of aromatic amines is 1. The quantitative estimate of drug-likeness (QED) is 0.472. The van der Waals surface area contributed by atoms with Crippen molar-refractivity contribution in [2.75, 3.05) is 0 Å². The Labute approximate surface area is 143 Å². The second-order valence-corrected chi connectivity index (χ2v) is 7.06. The van der Waals surface area contributed by atoms with E-state index in [9.17, 15) is 4.39 Å². The monoisotopic (exact) mass is 428 g/mol. The summed E-state index contributed by atoms with van der Waals surface area (Å²) in [7, 11) is 0. The molecule has 3 rings (SSSR count). The summed E-state index contributed by atoms with van der Waals surface area (Å²) in [6.45, 7) is 4.05. The Morgan fingerprint density at radius 2 is 1.81 bits per heavy atom. The topological polar surface area (TPSA) is 20.7 Å². The Morgan fingerprint density at radius 1 is 1.10 bits per heavy atom. The molecule has 6 heteroatoms. The molecular formula is C15H11Br2FN2S. The first-order valence-electron chi connectivity index (χ1n) is 6.25. The van der Waals surface area contributed by atoms with E-state index in [0.717, 1.165) is 26.8 Å². The molecule has 0 saturated heterocycles. The molecule has 1 N–H and O–H groups in total.